The zero-order chi connectivity index (χ0) is 8.27. The lowest BCUT2D eigenvalue weighted by atomic mass is 10.3. The SMILES string of the molecule is Cn1nnc(C(=O)CC#N)n1. The largest absolute Gasteiger partial charge is 0.289 e. The number of carbonyl (C=O) groups excluding carboxylic acids is 1. The number of nitrogens with zero attached hydrogens (tertiary/aromatic N) is 5. The van der Waals surface area contributed by atoms with Gasteiger partial charge in [0.2, 0.25) is 11.6 Å². The third-order valence-electron chi connectivity index (χ3n) is 0.997. The van der Waals surface area contributed by atoms with Crippen molar-refractivity contribution >= 4 is 5.78 Å². The van der Waals surface area contributed by atoms with E-state index >= 15 is 0 Å². The van der Waals surface area contributed by atoms with E-state index in [1.165, 1.54) is 4.80 Å². The van der Waals surface area contributed by atoms with E-state index in [1.54, 1.807) is 13.1 Å². The van der Waals surface area contributed by atoms with E-state index in [0.717, 1.165) is 0 Å². The molecule has 6 nitrogen and oxygen atoms in total. The molecule has 1 heterocycles. The minimum atomic E-state index is -0.402. The van der Waals surface area contributed by atoms with Crippen molar-refractivity contribution in [2.45, 2.75) is 6.42 Å². The Morgan fingerprint density at radius 3 is 3.00 bits per heavy atom. The fourth-order valence-corrected chi connectivity index (χ4v) is 0.547. The number of ketones is 1. The lowest BCUT2D eigenvalue weighted by Crippen LogP contribution is -2.01. The molecule has 0 bridgehead atoms. The number of aromatic nitrogens is 4. The van der Waals surface area contributed by atoms with Gasteiger partial charge < -0.3 is 0 Å². The van der Waals surface area contributed by atoms with E-state index in [4.69, 9.17) is 5.26 Å². The van der Waals surface area contributed by atoms with Gasteiger partial charge in [0.1, 0.15) is 6.42 Å². The molecule has 0 unspecified atom stereocenters. The summed E-state index contributed by atoms with van der Waals surface area (Å²) >= 11 is 0. The highest BCUT2D eigenvalue weighted by molar-refractivity contribution is 5.93. The molecule has 0 amide bonds. The molecule has 1 aromatic rings. The van der Waals surface area contributed by atoms with Crippen molar-refractivity contribution < 1.29 is 4.79 Å². The number of Topliss-reactive ketones (excluding diaryl/α,β-unsaturated/α-hetero) is 1. The molecule has 0 spiro atoms. The van der Waals surface area contributed by atoms with Gasteiger partial charge in [0.05, 0.1) is 13.1 Å². The number of aryl methyl sites for hydroxylation is 1. The van der Waals surface area contributed by atoms with Crippen molar-refractivity contribution in [1.29, 1.82) is 5.26 Å². The molecule has 0 aliphatic heterocycles. The van der Waals surface area contributed by atoms with Crippen LogP contribution in [0, 0.1) is 11.3 Å². The lowest BCUT2D eigenvalue weighted by Gasteiger charge is -1.82. The van der Waals surface area contributed by atoms with Gasteiger partial charge in [-0.2, -0.15) is 10.1 Å². The van der Waals surface area contributed by atoms with Crippen molar-refractivity contribution in [3.05, 3.63) is 5.82 Å². The molecular formula is C5H5N5O. The van der Waals surface area contributed by atoms with Gasteiger partial charge in [-0.15, -0.1) is 10.2 Å². The molecule has 0 radical (unpaired) electrons. The molecule has 0 saturated carbocycles. The van der Waals surface area contributed by atoms with E-state index in [2.05, 4.69) is 15.4 Å². The second-order valence-electron chi connectivity index (χ2n) is 1.86. The van der Waals surface area contributed by atoms with Crippen molar-refractivity contribution in [3.8, 4) is 6.07 Å². The smallest absolute Gasteiger partial charge is 0.241 e. The highest BCUT2D eigenvalue weighted by Gasteiger charge is 2.10. The molecule has 0 N–H and O–H groups in total. The summed E-state index contributed by atoms with van der Waals surface area (Å²) < 4.78 is 0. The number of carbonyl (C=O) groups is 1. The van der Waals surface area contributed by atoms with Crippen molar-refractivity contribution in [3.63, 3.8) is 0 Å². The Labute approximate surface area is 62.4 Å². The van der Waals surface area contributed by atoms with Crippen molar-refractivity contribution in [2.24, 2.45) is 7.05 Å². The topological polar surface area (TPSA) is 84.5 Å². The van der Waals surface area contributed by atoms with Crippen LogP contribution in [0.15, 0.2) is 0 Å². The highest BCUT2D eigenvalue weighted by Crippen LogP contribution is 1.91. The van der Waals surface area contributed by atoms with Gasteiger partial charge in [-0.05, 0) is 5.21 Å². The standard InChI is InChI=1S/C5H5N5O/c1-10-8-5(7-9-10)4(11)2-3-6/h2H2,1H3. The van der Waals surface area contributed by atoms with E-state index in [1.807, 2.05) is 0 Å². The van der Waals surface area contributed by atoms with Crippen LogP contribution >= 0.6 is 0 Å². The average Bonchev–Trinajstić information content (AvgIpc) is 2.36. The molecule has 0 fully saturated rings. The van der Waals surface area contributed by atoms with E-state index < -0.39 is 5.78 Å². The second-order valence-corrected chi connectivity index (χ2v) is 1.86. The molecule has 6 heteroatoms. The monoisotopic (exact) mass is 151 g/mol. The summed E-state index contributed by atoms with van der Waals surface area (Å²) in [4.78, 5) is 12.0. The van der Waals surface area contributed by atoms with Gasteiger partial charge in [0.25, 0.3) is 0 Å². The molecule has 56 valence electrons. The van der Waals surface area contributed by atoms with Crippen LogP contribution in [0.4, 0.5) is 0 Å². The average molecular weight is 151 g/mol. The van der Waals surface area contributed by atoms with Crippen LogP contribution in [-0.4, -0.2) is 26.0 Å². The van der Waals surface area contributed by atoms with Crippen molar-refractivity contribution in [2.75, 3.05) is 0 Å². The minimum Gasteiger partial charge on any atom is -0.289 e. The number of hydrogen-bond acceptors (Lipinski definition) is 5. The second kappa shape index (κ2) is 2.88. The summed E-state index contributed by atoms with van der Waals surface area (Å²) in [7, 11) is 1.55. The number of tetrazole rings is 1. The summed E-state index contributed by atoms with van der Waals surface area (Å²) in [5, 5.41) is 18.7. The summed E-state index contributed by atoms with van der Waals surface area (Å²) in [6.45, 7) is 0. The first-order chi connectivity index (χ1) is 5.24. The Hall–Kier alpha value is -1.77. The van der Waals surface area contributed by atoms with Crippen LogP contribution in [0.25, 0.3) is 0 Å². The molecule has 0 saturated heterocycles. The van der Waals surface area contributed by atoms with Gasteiger partial charge >= 0.3 is 0 Å². The van der Waals surface area contributed by atoms with Crippen LogP contribution in [-0.2, 0) is 7.05 Å². The number of rotatable bonds is 2. The molecular weight excluding hydrogens is 146 g/mol. The minimum absolute atomic E-state index is 0.00551. The first kappa shape index (κ1) is 7.34. The molecule has 0 aromatic carbocycles. The molecule has 11 heavy (non-hydrogen) atoms. The van der Waals surface area contributed by atoms with Gasteiger partial charge in [-0.3, -0.25) is 4.79 Å². The van der Waals surface area contributed by atoms with Crippen molar-refractivity contribution in [1.82, 2.24) is 20.2 Å². The molecule has 1 rings (SSSR count). The fourth-order valence-electron chi connectivity index (χ4n) is 0.547. The Morgan fingerprint density at radius 2 is 2.55 bits per heavy atom. The molecule has 0 aliphatic carbocycles. The van der Waals surface area contributed by atoms with Gasteiger partial charge in [0.15, 0.2) is 0 Å². The van der Waals surface area contributed by atoms with E-state index in [-0.39, 0.29) is 12.2 Å². The van der Waals surface area contributed by atoms with Gasteiger partial charge in [0, 0.05) is 0 Å². The Balaban J connectivity index is 2.78. The Kier molecular flexibility index (Phi) is 1.92. The third-order valence-corrected chi connectivity index (χ3v) is 0.997. The van der Waals surface area contributed by atoms with Crippen LogP contribution in [0.5, 0.6) is 0 Å². The normalized spacial score (nSPS) is 9.09. The summed E-state index contributed by atoms with van der Waals surface area (Å²) in [6.07, 6.45) is -0.203. The predicted molar refractivity (Wildman–Crippen MR) is 33.4 cm³/mol. The fraction of sp³-hybridized carbons (Fsp3) is 0.400. The first-order valence-corrected chi connectivity index (χ1v) is 2.88. The quantitative estimate of drug-likeness (QED) is 0.522. The number of nitriles is 1. The molecule has 0 aliphatic rings. The predicted octanol–water partition coefficient (Wildman–Crippen LogP) is -0.694. The molecule has 1 aromatic heterocycles. The summed E-state index contributed by atoms with van der Waals surface area (Å²) in [5.41, 5.74) is 0. The molecule has 0 atom stereocenters. The Bertz CT molecular complexity index is 309. The van der Waals surface area contributed by atoms with Crippen LogP contribution in [0.2, 0.25) is 0 Å². The lowest BCUT2D eigenvalue weighted by molar-refractivity contribution is 0.0987. The van der Waals surface area contributed by atoms with Gasteiger partial charge in [-0.25, -0.2) is 0 Å². The summed E-state index contributed by atoms with van der Waals surface area (Å²) in [6, 6.07) is 1.71. The maximum absolute atomic E-state index is 10.9. The summed E-state index contributed by atoms with van der Waals surface area (Å²) in [5.74, 6) is -0.408. The van der Waals surface area contributed by atoms with Gasteiger partial charge in [-0.1, -0.05) is 0 Å². The number of hydrogen-bond donors (Lipinski definition) is 0. The maximum atomic E-state index is 10.9. The van der Waals surface area contributed by atoms with Crippen LogP contribution in [0.3, 0.4) is 0 Å². The highest BCUT2D eigenvalue weighted by atomic mass is 16.1. The van der Waals surface area contributed by atoms with Crippen LogP contribution in [0.1, 0.15) is 17.0 Å². The zero-order valence-electron chi connectivity index (χ0n) is 5.85. The van der Waals surface area contributed by atoms with E-state index in [0.29, 0.717) is 0 Å². The van der Waals surface area contributed by atoms with Crippen LogP contribution < -0.4 is 0 Å². The van der Waals surface area contributed by atoms with E-state index in [9.17, 15) is 4.79 Å². The maximum Gasteiger partial charge on any atom is 0.241 e. The zero-order valence-corrected chi connectivity index (χ0v) is 5.85. The Morgan fingerprint density at radius 1 is 1.82 bits per heavy atom. The first-order valence-electron chi connectivity index (χ1n) is 2.88. The third kappa shape index (κ3) is 1.58.